The minimum atomic E-state index is -0.152. The Morgan fingerprint density at radius 2 is 1.55 bits per heavy atom. The Kier molecular flexibility index (Phi) is 9.05. The van der Waals surface area contributed by atoms with Gasteiger partial charge in [-0.1, -0.05) is 42.5 Å². The molecule has 2 aliphatic heterocycles. The lowest BCUT2D eigenvalue weighted by molar-refractivity contribution is 0.0360. The summed E-state index contributed by atoms with van der Waals surface area (Å²) in [4.78, 5) is 50.4. The third-order valence-corrected chi connectivity index (χ3v) is 8.70. The maximum absolute atomic E-state index is 14.2. The van der Waals surface area contributed by atoms with Crippen molar-refractivity contribution < 1.29 is 14.3 Å². The van der Waals surface area contributed by atoms with Crippen LogP contribution in [0.3, 0.4) is 0 Å². The van der Waals surface area contributed by atoms with Gasteiger partial charge in [-0.05, 0) is 43.4 Å². The second-order valence-electron chi connectivity index (χ2n) is 11.5. The van der Waals surface area contributed by atoms with E-state index in [2.05, 4.69) is 24.8 Å². The molecule has 4 heterocycles. The van der Waals surface area contributed by atoms with Crippen molar-refractivity contribution in [1.82, 2.24) is 29.7 Å². The molecule has 6 rings (SSSR count). The van der Waals surface area contributed by atoms with Crippen molar-refractivity contribution in [3.8, 4) is 5.75 Å². The molecule has 0 N–H and O–H groups in total. The van der Waals surface area contributed by atoms with Gasteiger partial charge in [0.05, 0.1) is 24.6 Å². The molecule has 10 nitrogen and oxygen atoms in total. The molecule has 4 aromatic rings. The van der Waals surface area contributed by atoms with Crippen LogP contribution in [0.4, 0.5) is 5.82 Å². The van der Waals surface area contributed by atoms with Crippen LogP contribution in [0.5, 0.6) is 5.75 Å². The van der Waals surface area contributed by atoms with E-state index in [-0.39, 0.29) is 17.2 Å². The van der Waals surface area contributed by atoms with Crippen molar-refractivity contribution in [2.24, 2.45) is 5.41 Å². The van der Waals surface area contributed by atoms with Gasteiger partial charge in [-0.3, -0.25) is 19.6 Å². The number of piperidine rings is 1. The van der Waals surface area contributed by atoms with Gasteiger partial charge in [-0.2, -0.15) is 0 Å². The van der Waals surface area contributed by atoms with E-state index in [1.54, 1.807) is 31.0 Å². The van der Waals surface area contributed by atoms with E-state index in [4.69, 9.17) is 4.74 Å². The Morgan fingerprint density at radius 1 is 0.795 bits per heavy atom. The Hall–Kier alpha value is -4.86. The zero-order valence-corrected chi connectivity index (χ0v) is 24.8. The van der Waals surface area contributed by atoms with E-state index in [0.717, 1.165) is 43.6 Å². The first kappa shape index (κ1) is 29.2. The zero-order valence-electron chi connectivity index (χ0n) is 24.8. The van der Waals surface area contributed by atoms with Gasteiger partial charge in [0.25, 0.3) is 11.8 Å². The van der Waals surface area contributed by atoms with Crippen LogP contribution in [0.2, 0.25) is 0 Å². The number of carbonyl (C=O) groups excluding carboxylic acids is 2. The van der Waals surface area contributed by atoms with Crippen molar-refractivity contribution >= 4 is 17.6 Å². The van der Waals surface area contributed by atoms with Crippen LogP contribution in [-0.2, 0) is 6.54 Å². The van der Waals surface area contributed by atoms with Gasteiger partial charge in [-0.15, -0.1) is 0 Å². The van der Waals surface area contributed by atoms with E-state index >= 15 is 0 Å². The summed E-state index contributed by atoms with van der Waals surface area (Å²) in [7, 11) is 0. The summed E-state index contributed by atoms with van der Waals surface area (Å²) >= 11 is 0. The monoisotopic (exact) mass is 591 g/mol. The molecule has 2 amide bonds. The highest BCUT2D eigenvalue weighted by molar-refractivity contribution is 5.97. The largest absolute Gasteiger partial charge is 0.492 e. The molecule has 1 saturated heterocycles. The predicted molar refractivity (Wildman–Crippen MR) is 166 cm³/mol. The van der Waals surface area contributed by atoms with E-state index in [0.29, 0.717) is 56.3 Å². The van der Waals surface area contributed by atoms with Crippen LogP contribution in [0.15, 0.2) is 91.8 Å². The molecular formula is C34H37N7O3. The summed E-state index contributed by atoms with van der Waals surface area (Å²) in [6, 6.07) is 17.6. The van der Waals surface area contributed by atoms with E-state index in [1.165, 1.54) is 6.20 Å². The quantitative estimate of drug-likeness (QED) is 0.342. The van der Waals surface area contributed by atoms with Crippen molar-refractivity contribution in [1.29, 1.82) is 0 Å². The number of hydrogen-bond donors (Lipinski definition) is 0. The average molecular weight is 592 g/mol. The zero-order chi connectivity index (χ0) is 30.2. The molecule has 0 saturated carbocycles. The molecule has 1 fully saturated rings. The Labute approximate surface area is 257 Å². The summed E-state index contributed by atoms with van der Waals surface area (Å²) in [6.07, 6.45) is 13.2. The fourth-order valence-corrected chi connectivity index (χ4v) is 6.13. The lowest BCUT2D eigenvalue weighted by atomic mass is 9.75. The summed E-state index contributed by atoms with van der Waals surface area (Å²) in [5, 5.41) is 0. The molecule has 0 unspecified atom stereocenters. The predicted octanol–water partition coefficient (Wildman–Crippen LogP) is 4.51. The van der Waals surface area contributed by atoms with E-state index < -0.39 is 0 Å². The van der Waals surface area contributed by atoms with Gasteiger partial charge >= 0.3 is 0 Å². The molecule has 2 aromatic heterocycles. The van der Waals surface area contributed by atoms with Crippen LogP contribution in [-0.4, -0.2) is 80.9 Å². The lowest BCUT2D eigenvalue weighted by Gasteiger charge is -2.42. The van der Waals surface area contributed by atoms with Crippen molar-refractivity contribution in [3.05, 3.63) is 109 Å². The highest BCUT2D eigenvalue weighted by Crippen LogP contribution is 2.38. The van der Waals surface area contributed by atoms with Crippen LogP contribution in [0.1, 0.15) is 52.1 Å². The topological polar surface area (TPSA) is 105 Å². The normalized spacial score (nSPS) is 17.5. The Morgan fingerprint density at radius 3 is 2.30 bits per heavy atom. The third kappa shape index (κ3) is 6.85. The molecule has 1 spiro atoms. The smallest absolute Gasteiger partial charge is 0.274 e. The molecule has 2 aliphatic rings. The number of rotatable bonds is 4. The second kappa shape index (κ2) is 13.6. The minimum Gasteiger partial charge on any atom is -0.492 e. The SMILES string of the molecule is O=C(c1cnccn1)N1CCC2(CCCN(c3cnccn3)CCN(Cc3ccccc3)C(=O)c3ccccc3OC2)CC1. The van der Waals surface area contributed by atoms with E-state index in [9.17, 15) is 9.59 Å². The first-order chi connectivity index (χ1) is 21.6. The number of para-hydroxylation sites is 1. The number of benzene rings is 2. The number of fused-ring (bicyclic) bond motifs is 1. The molecule has 0 bridgehead atoms. The second-order valence-corrected chi connectivity index (χ2v) is 11.5. The van der Waals surface area contributed by atoms with Gasteiger partial charge < -0.3 is 19.4 Å². The van der Waals surface area contributed by atoms with Crippen LogP contribution in [0.25, 0.3) is 0 Å². The first-order valence-corrected chi connectivity index (χ1v) is 15.2. The molecule has 0 atom stereocenters. The molecule has 0 aliphatic carbocycles. The van der Waals surface area contributed by atoms with Gasteiger partial charge in [0, 0.05) is 69.5 Å². The molecule has 0 radical (unpaired) electrons. The first-order valence-electron chi connectivity index (χ1n) is 15.2. The van der Waals surface area contributed by atoms with Crippen LogP contribution >= 0.6 is 0 Å². The number of carbonyl (C=O) groups is 2. The van der Waals surface area contributed by atoms with Gasteiger partial charge in [0.2, 0.25) is 0 Å². The number of ether oxygens (including phenoxy) is 1. The summed E-state index contributed by atoms with van der Waals surface area (Å²) in [6.45, 7) is 4.08. The fraction of sp³-hybridized carbons (Fsp3) is 0.353. The molecule has 226 valence electrons. The van der Waals surface area contributed by atoms with Gasteiger partial charge in [0.1, 0.15) is 17.3 Å². The van der Waals surface area contributed by atoms with Crippen molar-refractivity contribution in [2.45, 2.75) is 32.2 Å². The number of amides is 2. The molecule has 2 aromatic carbocycles. The number of anilines is 1. The fourth-order valence-electron chi connectivity index (χ4n) is 6.13. The average Bonchev–Trinajstić information content (AvgIpc) is 3.10. The Bertz CT molecular complexity index is 1530. The third-order valence-electron chi connectivity index (χ3n) is 8.70. The highest BCUT2D eigenvalue weighted by atomic mass is 16.5. The summed E-state index contributed by atoms with van der Waals surface area (Å²) in [5.74, 6) is 1.23. The summed E-state index contributed by atoms with van der Waals surface area (Å²) < 4.78 is 6.55. The van der Waals surface area contributed by atoms with Crippen molar-refractivity contribution in [3.63, 3.8) is 0 Å². The van der Waals surface area contributed by atoms with Gasteiger partial charge in [-0.25, -0.2) is 9.97 Å². The lowest BCUT2D eigenvalue weighted by Crippen LogP contribution is -2.46. The maximum Gasteiger partial charge on any atom is 0.274 e. The molecule has 44 heavy (non-hydrogen) atoms. The van der Waals surface area contributed by atoms with Gasteiger partial charge in [0.15, 0.2) is 0 Å². The van der Waals surface area contributed by atoms with Crippen LogP contribution < -0.4 is 9.64 Å². The number of nitrogens with zero attached hydrogens (tertiary/aromatic N) is 7. The molecule has 10 heteroatoms. The molecular weight excluding hydrogens is 554 g/mol. The Balaban J connectivity index is 1.27. The highest BCUT2D eigenvalue weighted by Gasteiger charge is 2.37. The number of aromatic nitrogens is 4. The van der Waals surface area contributed by atoms with Crippen molar-refractivity contribution in [2.75, 3.05) is 44.2 Å². The standard InChI is InChI=1S/C34H37N7O3/c42-32-28-9-4-5-10-30(28)44-26-34(12-19-40(20-13-34)33(43)29-23-35-14-16-37-29)11-6-18-39(31-24-36-15-17-38-31)21-22-41(32)25-27-7-2-1-3-8-27/h1-5,7-10,14-17,23-24H,6,11-13,18-22,25-26H2. The van der Waals surface area contributed by atoms with Crippen LogP contribution in [0, 0.1) is 5.41 Å². The number of likely N-dealkylation sites (tertiary alicyclic amines) is 1. The minimum absolute atomic E-state index is 0.0683. The maximum atomic E-state index is 14.2. The summed E-state index contributed by atoms with van der Waals surface area (Å²) in [5.41, 5.74) is 1.83. The van der Waals surface area contributed by atoms with E-state index in [1.807, 2.05) is 64.4 Å². The number of hydrogen-bond acceptors (Lipinski definition) is 8.